The molecule has 1 unspecified atom stereocenters. The molecule has 0 fully saturated rings. The number of hydrogen-bond acceptors (Lipinski definition) is 5. The molecule has 0 saturated heterocycles. The fourth-order valence-electron chi connectivity index (χ4n) is 3.61. The van der Waals surface area contributed by atoms with Gasteiger partial charge in [-0.15, -0.1) is 0 Å². The molecular formula is C21H21FN4O3. The number of fused-ring (bicyclic) bond motifs is 2. The molecule has 4 rings (SSSR count). The Morgan fingerprint density at radius 1 is 1.38 bits per heavy atom. The van der Waals surface area contributed by atoms with Gasteiger partial charge in [0.1, 0.15) is 17.9 Å². The molecule has 0 saturated carbocycles. The Labute approximate surface area is 166 Å². The van der Waals surface area contributed by atoms with Crippen LogP contribution in [0.3, 0.4) is 0 Å². The minimum absolute atomic E-state index is 0.0470. The normalized spacial score (nSPS) is 14.1. The maximum atomic E-state index is 15.2. The van der Waals surface area contributed by atoms with Crippen LogP contribution in [-0.2, 0) is 11.3 Å². The molecule has 0 bridgehead atoms. The molecule has 3 heterocycles. The molecule has 150 valence electrons. The molecule has 1 aliphatic heterocycles. The van der Waals surface area contributed by atoms with Crippen LogP contribution in [0.4, 0.5) is 10.2 Å². The number of pyridine rings is 1. The average molecular weight is 396 g/mol. The van der Waals surface area contributed by atoms with Crippen LogP contribution in [0.1, 0.15) is 36.2 Å². The highest BCUT2D eigenvalue weighted by atomic mass is 19.1. The first-order chi connectivity index (χ1) is 13.9. The van der Waals surface area contributed by atoms with Crippen molar-refractivity contribution in [3.8, 4) is 11.3 Å². The highest BCUT2D eigenvalue weighted by molar-refractivity contribution is 6.07. The predicted molar refractivity (Wildman–Crippen MR) is 107 cm³/mol. The number of nitrogens with two attached hydrogens (primary N) is 1. The van der Waals surface area contributed by atoms with E-state index in [1.165, 1.54) is 6.26 Å². The monoisotopic (exact) mass is 396 g/mol. The second-order valence-corrected chi connectivity index (χ2v) is 7.53. The summed E-state index contributed by atoms with van der Waals surface area (Å²) in [5, 5.41) is 6.24. The maximum absolute atomic E-state index is 15.2. The molecule has 3 aromatic rings. The summed E-state index contributed by atoms with van der Waals surface area (Å²) >= 11 is 0. The maximum Gasteiger partial charge on any atom is 0.254 e. The molecule has 1 aromatic carbocycles. The van der Waals surface area contributed by atoms with Crippen molar-refractivity contribution in [2.24, 2.45) is 11.7 Å². The van der Waals surface area contributed by atoms with Crippen LogP contribution in [0.2, 0.25) is 0 Å². The van der Waals surface area contributed by atoms with Gasteiger partial charge in [0.15, 0.2) is 11.6 Å². The minimum Gasteiger partial charge on any atom is -0.464 e. The molecule has 4 N–H and O–H groups in total. The Hall–Kier alpha value is -3.42. The summed E-state index contributed by atoms with van der Waals surface area (Å²) in [6.45, 7) is 3.93. The number of hydrogen-bond donors (Lipinski definition) is 3. The number of amides is 2. The molecule has 2 amide bonds. The summed E-state index contributed by atoms with van der Waals surface area (Å²) in [4.78, 5) is 28.7. The van der Waals surface area contributed by atoms with Gasteiger partial charge in [0.2, 0.25) is 5.91 Å². The lowest BCUT2D eigenvalue weighted by molar-refractivity contribution is -0.119. The summed E-state index contributed by atoms with van der Waals surface area (Å²) in [5.74, 6) is -1.59. The number of primary amides is 1. The Morgan fingerprint density at radius 3 is 2.86 bits per heavy atom. The van der Waals surface area contributed by atoms with Crippen molar-refractivity contribution in [1.29, 1.82) is 0 Å². The van der Waals surface area contributed by atoms with E-state index in [-0.39, 0.29) is 29.4 Å². The number of para-hydroxylation sites is 1. The molecule has 8 heteroatoms. The van der Waals surface area contributed by atoms with Crippen molar-refractivity contribution < 1.29 is 18.4 Å². The van der Waals surface area contributed by atoms with E-state index in [9.17, 15) is 9.59 Å². The van der Waals surface area contributed by atoms with Crippen molar-refractivity contribution in [3.05, 3.63) is 47.5 Å². The standard InChI is InChI=1S/C21H21FN4O3/c1-10(2)7-14(19(23)27)25-20-17(22)12-8-24-21(28)16(12)18(26-20)13-9-29-15-6-4-3-5-11(13)15/h3-6,9-10,14H,7-8H2,1-2H3,(H2,23,27)(H,24,28)(H,25,26). The van der Waals surface area contributed by atoms with E-state index in [1.807, 2.05) is 32.0 Å². The number of aromatic nitrogens is 1. The van der Waals surface area contributed by atoms with Crippen LogP contribution in [0, 0.1) is 11.7 Å². The highest BCUT2D eigenvalue weighted by Crippen LogP contribution is 2.37. The van der Waals surface area contributed by atoms with Crippen molar-refractivity contribution >= 4 is 28.6 Å². The molecule has 2 aromatic heterocycles. The fraction of sp³-hybridized carbons (Fsp3) is 0.286. The number of halogens is 1. The van der Waals surface area contributed by atoms with Crippen molar-refractivity contribution in [2.75, 3.05) is 5.32 Å². The second-order valence-electron chi connectivity index (χ2n) is 7.53. The van der Waals surface area contributed by atoms with Gasteiger partial charge < -0.3 is 20.8 Å². The Kier molecular flexibility index (Phi) is 4.70. The van der Waals surface area contributed by atoms with Crippen LogP contribution in [-0.4, -0.2) is 22.8 Å². The number of benzene rings is 1. The first-order valence-electron chi connectivity index (χ1n) is 9.39. The van der Waals surface area contributed by atoms with Crippen molar-refractivity contribution in [3.63, 3.8) is 0 Å². The molecule has 7 nitrogen and oxygen atoms in total. The van der Waals surface area contributed by atoms with Gasteiger partial charge in [-0.3, -0.25) is 9.59 Å². The Morgan fingerprint density at radius 2 is 2.14 bits per heavy atom. The lowest BCUT2D eigenvalue weighted by atomic mass is 10.0. The van der Waals surface area contributed by atoms with Crippen LogP contribution >= 0.6 is 0 Å². The van der Waals surface area contributed by atoms with E-state index in [0.29, 0.717) is 23.3 Å². The van der Waals surface area contributed by atoms with E-state index >= 15 is 4.39 Å². The van der Waals surface area contributed by atoms with Crippen LogP contribution in [0.15, 0.2) is 34.9 Å². The third kappa shape index (κ3) is 3.30. The topological polar surface area (TPSA) is 110 Å². The van der Waals surface area contributed by atoms with Gasteiger partial charge in [0, 0.05) is 23.1 Å². The zero-order valence-electron chi connectivity index (χ0n) is 16.1. The number of carbonyl (C=O) groups is 2. The molecule has 29 heavy (non-hydrogen) atoms. The third-order valence-corrected chi connectivity index (χ3v) is 4.99. The lowest BCUT2D eigenvalue weighted by Crippen LogP contribution is -2.37. The summed E-state index contributed by atoms with van der Waals surface area (Å²) < 4.78 is 20.7. The predicted octanol–water partition coefficient (Wildman–Crippen LogP) is 3.19. The average Bonchev–Trinajstić information content (AvgIpc) is 3.27. The zero-order valence-corrected chi connectivity index (χ0v) is 16.1. The van der Waals surface area contributed by atoms with E-state index < -0.39 is 23.7 Å². The quantitative estimate of drug-likeness (QED) is 0.593. The van der Waals surface area contributed by atoms with Crippen molar-refractivity contribution in [2.45, 2.75) is 32.9 Å². The van der Waals surface area contributed by atoms with Gasteiger partial charge in [-0.1, -0.05) is 32.0 Å². The van der Waals surface area contributed by atoms with E-state index in [1.54, 1.807) is 6.07 Å². The van der Waals surface area contributed by atoms with Gasteiger partial charge in [-0.05, 0) is 18.4 Å². The number of nitrogens with one attached hydrogen (secondary N) is 2. The molecule has 0 spiro atoms. The molecule has 1 atom stereocenters. The van der Waals surface area contributed by atoms with Gasteiger partial charge >= 0.3 is 0 Å². The van der Waals surface area contributed by atoms with Crippen LogP contribution in [0.5, 0.6) is 0 Å². The second kappa shape index (κ2) is 7.20. The third-order valence-electron chi connectivity index (χ3n) is 4.99. The highest BCUT2D eigenvalue weighted by Gasteiger charge is 2.32. The number of furan rings is 1. The number of anilines is 1. The number of carbonyl (C=O) groups excluding carboxylic acids is 2. The number of rotatable bonds is 6. The van der Waals surface area contributed by atoms with Gasteiger partial charge in [-0.2, -0.15) is 0 Å². The van der Waals surface area contributed by atoms with E-state index in [0.717, 1.165) is 5.39 Å². The van der Waals surface area contributed by atoms with E-state index in [2.05, 4.69) is 15.6 Å². The van der Waals surface area contributed by atoms with Gasteiger partial charge in [0.25, 0.3) is 5.91 Å². The Bertz CT molecular complexity index is 1120. The van der Waals surface area contributed by atoms with Gasteiger partial charge in [0.05, 0.1) is 11.3 Å². The first-order valence-corrected chi connectivity index (χ1v) is 9.39. The molecule has 0 aliphatic carbocycles. The largest absolute Gasteiger partial charge is 0.464 e. The lowest BCUT2D eigenvalue weighted by Gasteiger charge is -2.20. The zero-order chi connectivity index (χ0) is 20.7. The molecule has 0 radical (unpaired) electrons. The summed E-state index contributed by atoms with van der Waals surface area (Å²) in [7, 11) is 0. The fourth-order valence-corrected chi connectivity index (χ4v) is 3.61. The summed E-state index contributed by atoms with van der Waals surface area (Å²) in [6, 6.07) is 6.54. The summed E-state index contributed by atoms with van der Waals surface area (Å²) in [5.41, 5.74) is 7.39. The van der Waals surface area contributed by atoms with Crippen LogP contribution in [0.25, 0.3) is 22.2 Å². The summed E-state index contributed by atoms with van der Waals surface area (Å²) in [6.07, 6.45) is 1.93. The number of nitrogens with zero attached hydrogens (tertiary/aromatic N) is 1. The van der Waals surface area contributed by atoms with E-state index in [4.69, 9.17) is 10.2 Å². The van der Waals surface area contributed by atoms with Crippen LogP contribution < -0.4 is 16.4 Å². The van der Waals surface area contributed by atoms with Gasteiger partial charge in [-0.25, -0.2) is 9.37 Å². The SMILES string of the molecule is CC(C)CC(Nc1nc(-c2coc3ccccc23)c2c(c1F)CNC2=O)C(N)=O. The molecule has 1 aliphatic rings. The smallest absolute Gasteiger partial charge is 0.254 e. The first kappa shape index (κ1) is 18.9. The Balaban J connectivity index is 1.88. The molecular weight excluding hydrogens is 375 g/mol. The minimum atomic E-state index is -0.783. The van der Waals surface area contributed by atoms with Crippen molar-refractivity contribution in [1.82, 2.24) is 10.3 Å².